The first-order valence-corrected chi connectivity index (χ1v) is 13.5. The van der Waals surface area contributed by atoms with Crippen LogP contribution in [0, 0.1) is 0 Å². The van der Waals surface area contributed by atoms with E-state index in [-0.39, 0.29) is 5.92 Å². The summed E-state index contributed by atoms with van der Waals surface area (Å²) >= 11 is 3.52. The highest BCUT2D eigenvalue weighted by atomic mass is 79.9. The van der Waals surface area contributed by atoms with Gasteiger partial charge in [-0.05, 0) is 61.8 Å². The zero-order chi connectivity index (χ0) is 26.8. The molecule has 0 radical (unpaired) electrons. The zero-order valence-corrected chi connectivity index (χ0v) is 23.4. The molecule has 3 atom stereocenters. The molecular formula is C31H32BrN3O3. The fourth-order valence-electron chi connectivity index (χ4n) is 5.87. The van der Waals surface area contributed by atoms with Crippen LogP contribution in [0.3, 0.4) is 0 Å². The molecule has 2 aromatic heterocycles. The normalized spacial score (nSPS) is 23.2. The molecule has 4 aromatic rings. The number of rotatable bonds is 5. The Kier molecular flexibility index (Phi) is 7.52. The van der Waals surface area contributed by atoms with Gasteiger partial charge < -0.3 is 19.5 Å². The van der Waals surface area contributed by atoms with E-state index >= 15 is 0 Å². The molecule has 1 saturated carbocycles. The summed E-state index contributed by atoms with van der Waals surface area (Å²) in [5.41, 5.74) is 1.92. The Hall–Kier alpha value is -3.26. The molecule has 0 bridgehead atoms. The molecule has 38 heavy (non-hydrogen) atoms. The molecule has 1 aliphatic carbocycles. The van der Waals surface area contributed by atoms with Crippen molar-refractivity contribution in [3.8, 4) is 11.5 Å². The molecule has 1 fully saturated rings. The standard InChI is InChI=1S/C23H20BrNO3.C8H12N2/c1-27-19-13-25-14-20-21(19)22(26)12-11-18(15-5-3-2-4-6-15)23(22,28-20)16-7-9-17(24)10-8-16;1-10(2)7-8-4-3-5-9-6-8/h2-10,13-14,18,26H,11-12H2,1H3;3-6H,7H2,1-2H3. The molecule has 1 N–H and O–H groups in total. The van der Waals surface area contributed by atoms with Crippen molar-refractivity contribution in [3.05, 3.63) is 118 Å². The predicted molar refractivity (Wildman–Crippen MR) is 151 cm³/mol. The molecular weight excluding hydrogens is 542 g/mol. The van der Waals surface area contributed by atoms with Gasteiger partial charge in [-0.1, -0.05) is 64.5 Å². The first-order valence-electron chi connectivity index (χ1n) is 12.7. The van der Waals surface area contributed by atoms with Crippen molar-refractivity contribution >= 4 is 15.9 Å². The van der Waals surface area contributed by atoms with Crippen molar-refractivity contribution in [2.45, 2.75) is 36.5 Å². The summed E-state index contributed by atoms with van der Waals surface area (Å²) in [7, 11) is 5.70. The number of methoxy groups -OCH3 is 1. The molecule has 1 aliphatic heterocycles. The van der Waals surface area contributed by atoms with Crippen LogP contribution in [-0.2, 0) is 17.7 Å². The molecule has 196 valence electrons. The third-order valence-electron chi connectivity index (χ3n) is 7.38. The van der Waals surface area contributed by atoms with E-state index in [1.807, 2.05) is 68.8 Å². The summed E-state index contributed by atoms with van der Waals surface area (Å²) in [6, 6.07) is 22.4. The Labute approximate surface area is 232 Å². The number of benzene rings is 2. The molecule has 3 unspecified atom stereocenters. The Morgan fingerprint density at radius 1 is 1.00 bits per heavy atom. The number of hydrogen-bond donors (Lipinski definition) is 1. The maximum Gasteiger partial charge on any atom is 0.174 e. The van der Waals surface area contributed by atoms with Crippen molar-refractivity contribution in [2.75, 3.05) is 21.2 Å². The fourth-order valence-corrected chi connectivity index (χ4v) is 6.14. The average molecular weight is 575 g/mol. The van der Waals surface area contributed by atoms with Crippen LogP contribution in [0.5, 0.6) is 11.5 Å². The minimum absolute atomic E-state index is 0.00279. The van der Waals surface area contributed by atoms with Crippen LogP contribution in [0.2, 0.25) is 0 Å². The van der Waals surface area contributed by atoms with Crippen LogP contribution in [0.15, 0.2) is 96.0 Å². The van der Waals surface area contributed by atoms with E-state index in [0.29, 0.717) is 23.5 Å². The number of aromatic nitrogens is 2. The number of halogens is 1. The van der Waals surface area contributed by atoms with Crippen LogP contribution in [0.1, 0.15) is 41.0 Å². The van der Waals surface area contributed by atoms with Crippen LogP contribution in [-0.4, -0.2) is 41.2 Å². The van der Waals surface area contributed by atoms with E-state index in [0.717, 1.165) is 28.6 Å². The van der Waals surface area contributed by atoms with Gasteiger partial charge >= 0.3 is 0 Å². The lowest BCUT2D eigenvalue weighted by molar-refractivity contribution is -0.106. The van der Waals surface area contributed by atoms with Crippen molar-refractivity contribution in [1.82, 2.24) is 14.9 Å². The predicted octanol–water partition coefficient (Wildman–Crippen LogP) is 6.05. The SMILES string of the molecule is CN(C)Cc1cccnc1.COc1cncc2c1C1(O)CCC(c3ccccc3)C1(c1ccc(Br)cc1)O2. The van der Waals surface area contributed by atoms with Crippen LogP contribution in [0.25, 0.3) is 0 Å². The third-order valence-corrected chi connectivity index (χ3v) is 7.91. The monoisotopic (exact) mass is 573 g/mol. The van der Waals surface area contributed by atoms with E-state index in [1.165, 1.54) is 5.56 Å². The van der Waals surface area contributed by atoms with Gasteiger partial charge in [0.05, 0.1) is 25.1 Å². The topological polar surface area (TPSA) is 67.7 Å². The molecule has 0 spiro atoms. The third kappa shape index (κ3) is 4.59. The molecule has 0 amide bonds. The van der Waals surface area contributed by atoms with E-state index in [4.69, 9.17) is 9.47 Å². The van der Waals surface area contributed by atoms with E-state index in [2.05, 4.69) is 49.0 Å². The van der Waals surface area contributed by atoms with Gasteiger partial charge in [-0.3, -0.25) is 9.97 Å². The van der Waals surface area contributed by atoms with Gasteiger partial charge in [0.15, 0.2) is 5.60 Å². The summed E-state index contributed by atoms with van der Waals surface area (Å²) in [6.45, 7) is 0.966. The second kappa shape index (κ2) is 10.8. The van der Waals surface area contributed by atoms with Crippen molar-refractivity contribution in [1.29, 1.82) is 0 Å². The van der Waals surface area contributed by atoms with Crippen LogP contribution < -0.4 is 9.47 Å². The number of fused-ring (bicyclic) bond motifs is 3. The first-order chi connectivity index (χ1) is 18.4. The fraction of sp³-hybridized carbons (Fsp3) is 0.290. The molecule has 0 saturated heterocycles. The van der Waals surface area contributed by atoms with Gasteiger partial charge in [0, 0.05) is 29.3 Å². The van der Waals surface area contributed by atoms with Gasteiger partial charge in [0.1, 0.15) is 17.1 Å². The highest BCUT2D eigenvalue weighted by molar-refractivity contribution is 9.10. The summed E-state index contributed by atoms with van der Waals surface area (Å²) in [5, 5.41) is 12.2. The molecule has 3 heterocycles. The zero-order valence-electron chi connectivity index (χ0n) is 21.8. The number of nitrogens with zero attached hydrogens (tertiary/aromatic N) is 3. The van der Waals surface area contributed by atoms with Crippen molar-refractivity contribution < 1.29 is 14.6 Å². The van der Waals surface area contributed by atoms with Gasteiger partial charge in [0.2, 0.25) is 0 Å². The summed E-state index contributed by atoms with van der Waals surface area (Å²) in [5.74, 6) is 1.15. The maximum absolute atomic E-state index is 12.2. The van der Waals surface area contributed by atoms with E-state index < -0.39 is 11.2 Å². The number of pyridine rings is 2. The number of hydrogen-bond acceptors (Lipinski definition) is 6. The Bertz CT molecular complexity index is 1370. The Balaban J connectivity index is 0.000000249. The average Bonchev–Trinajstić information content (AvgIpc) is 3.37. The lowest BCUT2D eigenvalue weighted by atomic mass is 9.72. The minimum Gasteiger partial charge on any atom is -0.495 e. The largest absolute Gasteiger partial charge is 0.495 e. The van der Waals surface area contributed by atoms with Gasteiger partial charge in [-0.25, -0.2) is 0 Å². The molecule has 6 nitrogen and oxygen atoms in total. The summed E-state index contributed by atoms with van der Waals surface area (Å²) in [6.07, 6.45) is 8.39. The van der Waals surface area contributed by atoms with E-state index in [1.54, 1.807) is 25.7 Å². The highest BCUT2D eigenvalue weighted by Gasteiger charge is 2.69. The Morgan fingerprint density at radius 3 is 2.42 bits per heavy atom. The second-order valence-corrected chi connectivity index (χ2v) is 10.9. The molecule has 2 aromatic carbocycles. The molecule has 7 heteroatoms. The van der Waals surface area contributed by atoms with Gasteiger partial charge in [0.25, 0.3) is 0 Å². The van der Waals surface area contributed by atoms with Crippen LogP contribution in [0.4, 0.5) is 0 Å². The smallest absolute Gasteiger partial charge is 0.174 e. The lowest BCUT2D eigenvalue weighted by Crippen LogP contribution is -2.48. The first kappa shape index (κ1) is 26.4. The van der Waals surface area contributed by atoms with Crippen LogP contribution >= 0.6 is 15.9 Å². The quantitative estimate of drug-likeness (QED) is 0.313. The lowest BCUT2D eigenvalue weighted by Gasteiger charge is -2.40. The highest BCUT2D eigenvalue weighted by Crippen LogP contribution is 2.67. The van der Waals surface area contributed by atoms with Gasteiger partial charge in [-0.15, -0.1) is 0 Å². The summed E-state index contributed by atoms with van der Waals surface area (Å²) < 4.78 is 13.2. The Morgan fingerprint density at radius 2 is 1.76 bits per heavy atom. The van der Waals surface area contributed by atoms with Crippen molar-refractivity contribution in [3.63, 3.8) is 0 Å². The van der Waals surface area contributed by atoms with Gasteiger partial charge in [-0.2, -0.15) is 0 Å². The summed E-state index contributed by atoms with van der Waals surface area (Å²) in [4.78, 5) is 10.4. The van der Waals surface area contributed by atoms with Crippen molar-refractivity contribution in [2.24, 2.45) is 0 Å². The minimum atomic E-state index is -1.20. The maximum atomic E-state index is 12.2. The number of ether oxygens (including phenoxy) is 2. The molecule has 2 aliphatic rings. The number of aliphatic hydroxyl groups is 1. The molecule has 6 rings (SSSR count). The second-order valence-electron chi connectivity index (χ2n) is 10.0. The van der Waals surface area contributed by atoms with E-state index in [9.17, 15) is 5.11 Å².